The van der Waals surface area contributed by atoms with Crippen LogP contribution in [0.1, 0.15) is 12.5 Å². The molecule has 190 valence electrons. The first-order valence-electron chi connectivity index (χ1n) is 11.6. The van der Waals surface area contributed by atoms with Gasteiger partial charge in [-0.3, -0.25) is 14.5 Å². The molecule has 0 unspecified atom stereocenters. The smallest absolute Gasteiger partial charge is 0.283 e. The van der Waals surface area contributed by atoms with Crippen molar-refractivity contribution in [2.75, 3.05) is 36.8 Å². The number of methoxy groups -OCH3 is 2. The van der Waals surface area contributed by atoms with Gasteiger partial charge in [-0.2, -0.15) is 0 Å². The number of hydrogen-bond donors (Lipinski definition) is 1. The normalized spacial score (nSPS) is 13.9. The molecule has 1 heterocycles. The summed E-state index contributed by atoms with van der Waals surface area (Å²) in [5.41, 5.74) is 2.29. The lowest BCUT2D eigenvalue weighted by molar-refractivity contribution is -0.114. The van der Waals surface area contributed by atoms with Crippen LogP contribution < -0.4 is 24.4 Å². The zero-order chi connectivity index (χ0) is 26.2. The van der Waals surface area contributed by atoms with Crippen molar-refractivity contribution in [3.8, 4) is 17.2 Å². The largest absolute Gasteiger partial charge is 0.497 e. The van der Waals surface area contributed by atoms with Gasteiger partial charge in [0, 0.05) is 0 Å². The molecule has 0 fully saturated rings. The van der Waals surface area contributed by atoms with Gasteiger partial charge in [-0.15, -0.1) is 0 Å². The third kappa shape index (κ3) is 6.31. The highest BCUT2D eigenvalue weighted by Crippen LogP contribution is 2.31. The molecule has 4 rings (SSSR count). The SMILES string of the molecule is CCOc1ccccc1NC(=O)CSC1=NC(=Cc2ccc(OC)cc2)C(=O)N1c1ccc(OC)cc1. The van der Waals surface area contributed by atoms with E-state index in [-0.39, 0.29) is 23.3 Å². The summed E-state index contributed by atoms with van der Waals surface area (Å²) < 4.78 is 16.0. The fourth-order valence-corrected chi connectivity index (χ4v) is 4.39. The first-order chi connectivity index (χ1) is 18.0. The van der Waals surface area contributed by atoms with E-state index in [1.165, 1.54) is 16.7 Å². The van der Waals surface area contributed by atoms with Crippen LogP contribution in [-0.2, 0) is 9.59 Å². The van der Waals surface area contributed by atoms with E-state index in [9.17, 15) is 9.59 Å². The predicted molar refractivity (Wildman–Crippen MR) is 148 cm³/mol. The van der Waals surface area contributed by atoms with Crippen molar-refractivity contribution >= 4 is 46.2 Å². The molecule has 1 aliphatic heterocycles. The van der Waals surface area contributed by atoms with Crippen LogP contribution in [0.5, 0.6) is 17.2 Å². The Morgan fingerprint density at radius 3 is 2.27 bits per heavy atom. The van der Waals surface area contributed by atoms with Crippen molar-refractivity contribution < 1.29 is 23.8 Å². The van der Waals surface area contributed by atoms with Crippen molar-refractivity contribution in [1.82, 2.24) is 0 Å². The highest BCUT2D eigenvalue weighted by Gasteiger charge is 2.32. The van der Waals surface area contributed by atoms with Gasteiger partial charge < -0.3 is 19.5 Å². The molecule has 2 amide bonds. The molecule has 8 nitrogen and oxygen atoms in total. The number of ether oxygens (including phenoxy) is 3. The van der Waals surface area contributed by atoms with E-state index >= 15 is 0 Å². The third-order valence-electron chi connectivity index (χ3n) is 5.37. The van der Waals surface area contributed by atoms with Crippen LogP contribution in [0.25, 0.3) is 6.08 Å². The molecular weight excluding hydrogens is 490 g/mol. The van der Waals surface area contributed by atoms with E-state index in [4.69, 9.17) is 14.2 Å². The molecule has 0 radical (unpaired) electrons. The van der Waals surface area contributed by atoms with Crippen LogP contribution in [0.15, 0.2) is 83.5 Å². The quantitative estimate of drug-likeness (QED) is 0.392. The van der Waals surface area contributed by atoms with Crippen LogP contribution >= 0.6 is 11.8 Å². The van der Waals surface area contributed by atoms with Crippen LogP contribution in [0.2, 0.25) is 0 Å². The molecule has 0 atom stereocenters. The zero-order valence-electron chi connectivity index (χ0n) is 20.8. The minimum absolute atomic E-state index is 0.0506. The molecule has 9 heteroatoms. The molecule has 1 N–H and O–H groups in total. The second-order valence-corrected chi connectivity index (χ2v) is 8.74. The van der Waals surface area contributed by atoms with Gasteiger partial charge in [0.15, 0.2) is 5.17 Å². The van der Waals surface area contributed by atoms with Crippen LogP contribution in [-0.4, -0.2) is 43.6 Å². The Bertz CT molecular complexity index is 1320. The highest BCUT2D eigenvalue weighted by atomic mass is 32.2. The summed E-state index contributed by atoms with van der Waals surface area (Å²) in [5.74, 6) is 1.51. The summed E-state index contributed by atoms with van der Waals surface area (Å²) in [6.07, 6.45) is 1.71. The lowest BCUT2D eigenvalue weighted by atomic mass is 10.2. The molecule has 37 heavy (non-hydrogen) atoms. The standard InChI is InChI=1S/C28H27N3O5S/c1-4-36-25-8-6-5-7-23(25)29-26(32)18-37-28-30-24(17-19-9-13-21(34-2)14-10-19)27(33)31(28)20-11-15-22(35-3)16-12-20/h5-17H,4,18H2,1-3H3,(H,29,32). The zero-order valence-corrected chi connectivity index (χ0v) is 21.6. The maximum absolute atomic E-state index is 13.4. The van der Waals surface area contributed by atoms with Gasteiger partial charge in [-0.05, 0) is 67.1 Å². The van der Waals surface area contributed by atoms with Gasteiger partial charge in [0.25, 0.3) is 5.91 Å². The molecular formula is C28H27N3O5S. The minimum Gasteiger partial charge on any atom is -0.497 e. The van der Waals surface area contributed by atoms with Crippen molar-refractivity contribution in [3.05, 3.63) is 84.1 Å². The van der Waals surface area contributed by atoms with Crippen LogP contribution in [0, 0.1) is 0 Å². The Morgan fingerprint density at radius 1 is 0.973 bits per heavy atom. The molecule has 3 aromatic rings. The van der Waals surface area contributed by atoms with E-state index in [1.54, 1.807) is 56.7 Å². The van der Waals surface area contributed by atoms with Crippen molar-refractivity contribution in [2.24, 2.45) is 4.99 Å². The fraction of sp³-hybridized carbons (Fsp3) is 0.179. The number of hydrogen-bond acceptors (Lipinski definition) is 7. The summed E-state index contributed by atoms with van der Waals surface area (Å²) in [5, 5.41) is 3.28. The summed E-state index contributed by atoms with van der Waals surface area (Å²) in [4.78, 5) is 32.3. The Kier molecular flexibility index (Phi) is 8.48. The topological polar surface area (TPSA) is 89.5 Å². The maximum atomic E-state index is 13.4. The Balaban J connectivity index is 1.56. The van der Waals surface area contributed by atoms with E-state index in [0.29, 0.717) is 34.6 Å². The van der Waals surface area contributed by atoms with Crippen molar-refractivity contribution in [1.29, 1.82) is 0 Å². The summed E-state index contributed by atoms with van der Waals surface area (Å²) in [6.45, 7) is 2.37. The first kappa shape index (κ1) is 25.8. The Morgan fingerprint density at radius 2 is 1.62 bits per heavy atom. The summed E-state index contributed by atoms with van der Waals surface area (Å²) >= 11 is 1.18. The highest BCUT2D eigenvalue weighted by molar-refractivity contribution is 8.14. The Labute approximate surface area is 219 Å². The number of carbonyl (C=O) groups excluding carboxylic acids is 2. The van der Waals surface area contributed by atoms with Gasteiger partial charge in [-0.25, -0.2) is 4.99 Å². The van der Waals surface area contributed by atoms with E-state index < -0.39 is 0 Å². The van der Waals surface area contributed by atoms with Crippen LogP contribution in [0.4, 0.5) is 11.4 Å². The van der Waals surface area contributed by atoms with Gasteiger partial charge >= 0.3 is 0 Å². The number of amides is 2. The molecule has 0 saturated carbocycles. The van der Waals surface area contributed by atoms with E-state index in [2.05, 4.69) is 10.3 Å². The lowest BCUT2D eigenvalue weighted by Gasteiger charge is -2.18. The number of thioether (sulfide) groups is 1. The Hall–Kier alpha value is -4.24. The molecule has 0 saturated heterocycles. The molecule has 0 spiro atoms. The van der Waals surface area contributed by atoms with Crippen LogP contribution in [0.3, 0.4) is 0 Å². The predicted octanol–water partition coefficient (Wildman–Crippen LogP) is 5.22. The molecule has 1 aliphatic rings. The number of nitrogens with zero attached hydrogens (tertiary/aromatic N) is 2. The number of benzene rings is 3. The van der Waals surface area contributed by atoms with Crippen molar-refractivity contribution in [3.63, 3.8) is 0 Å². The average Bonchev–Trinajstić information content (AvgIpc) is 3.23. The second kappa shape index (κ2) is 12.1. The third-order valence-corrected chi connectivity index (χ3v) is 6.31. The first-order valence-corrected chi connectivity index (χ1v) is 12.6. The number of anilines is 2. The van der Waals surface area contributed by atoms with E-state index in [0.717, 1.165) is 11.3 Å². The minimum atomic E-state index is -0.286. The number of amidine groups is 1. The monoisotopic (exact) mass is 517 g/mol. The van der Waals surface area contributed by atoms with Gasteiger partial charge in [-0.1, -0.05) is 36.0 Å². The molecule has 3 aromatic carbocycles. The average molecular weight is 518 g/mol. The van der Waals surface area contributed by atoms with Gasteiger partial charge in [0.05, 0.1) is 38.0 Å². The number of rotatable bonds is 9. The number of para-hydroxylation sites is 2. The van der Waals surface area contributed by atoms with Crippen molar-refractivity contribution in [2.45, 2.75) is 6.92 Å². The second-order valence-electron chi connectivity index (χ2n) is 7.80. The molecule has 0 bridgehead atoms. The summed E-state index contributed by atoms with van der Waals surface area (Å²) in [7, 11) is 3.18. The maximum Gasteiger partial charge on any atom is 0.283 e. The van der Waals surface area contributed by atoms with Gasteiger partial charge in [0.2, 0.25) is 5.91 Å². The number of nitrogens with one attached hydrogen (secondary N) is 1. The fourth-order valence-electron chi connectivity index (χ4n) is 3.58. The number of aliphatic imine (C=N–C) groups is 1. The lowest BCUT2D eigenvalue weighted by Crippen LogP contribution is -2.31. The molecule has 0 aliphatic carbocycles. The van der Waals surface area contributed by atoms with E-state index in [1.807, 2.05) is 43.3 Å². The number of carbonyl (C=O) groups is 2. The van der Waals surface area contributed by atoms with Gasteiger partial charge in [0.1, 0.15) is 22.9 Å². The summed E-state index contributed by atoms with van der Waals surface area (Å²) in [6, 6.07) is 21.7. The molecule has 0 aromatic heterocycles.